The van der Waals surface area contributed by atoms with Gasteiger partial charge in [0.05, 0.1) is 10.7 Å². The zero-order chi connectivity index (χ0) is 14.4. The highest BCUT2D eigenvalue weighted by Crippen LogP contribution is 2.25. The monoisotopic (exact) mass is 330 g/mol. The van der Waals surface area contributed by atoms with E-state index < -0.39 is 0 Å². The first kappa shape index (κ1) is 15.9. The van der Waals surface area contributed by atoms with E-state index in [-0.39, 0.29) is 0 Å². The highest BCUT2D eigenvalue weighted by molar-refractivity contribution is 7.80. The third-order valence-corrected chi connectivity index (χ3v) is 4.40. The molecule has 2 rings (SSSR count). The van der Waals surface area contributed by atoms with Crippen molar-refractivity contribution < 1.29 is 0 Å². The Morgan fingerprint density at radius 1 is 1.05 bits per heavy atom. The van der Waals surface area contributed by atoms with Gasteiger partial charge in [-0.3, -0.25) is 0 Å². The molecule has 0 aromatic heterocycles. The second-order valence-corrected chi connectivity index (χ2v) is 6.52. The van der Waals surface area contributed by atoms with Gasteiger partial charge >= 0.3 is 0 Å². The lowest BCUT2D eigenvalue weighted by Crippen LogP contribution is -2.38. The first-order valence-corrected chi connectivity index (χ1v) is 8.34. The molecule has 0 aliphatic heterocycles. The number of hydrogen-bond donors (Lipinski definition) is 2. The molecule has 2 N–H and O–H groups in total. The molecule has 0 atom stereocenters. The molecular weight excluding hydrogens is 311 g/mol. The average Bonchev–Trinajstić information content (AvgIpc) is 2.37. The molecular formula is C15H20Cl2N2S. The van der Waals surface area contributed by atoms with Crippen LogP contribution in [0.5, 0.6) is 0 Å². The fourth-order valence-electron chi connectivity index (χ4n) is 2.54. The fraction of sp³-hybridized carbons (Fsp3) is 0.533. The molecule has 0 saturated heterocycles. The van der Waals surface area contributed by atoms with Gasteiger partial charge in [0, 0.05) is 11.1 Å². The summed E-state index contributed by atoms with van der Waals surface area (Å²) in [5.74, 6) is 0. The van der Waals surface area contributed by atoms with Gasteiger partial charge in [-0.1, -0.05) is 55.3 Å². The van der Waals surface area contributed by atoms with Gasteiger partial charge in [-0.05, 0) is 43.3 Å². The van der Waals surface area contributed by atoms with Crippen molar-refractivity contribution >= 4 is 46.2 Å². The van der Waals surface area contributed by atoms with Crippen LogP contribution in [-0.4, -0.2) is 11.2 Å². The third-order valence-electron chi connectivity index (χ3n) is 3.62. The van der Waals surface area contributed by atoms with E-state index in [4.69, 9.17) is 35.4 Å². The minimum atomic E-state index is 0.466. The lowest BCUT2D eigenvalue weighted by Gasteiger charge is -2.23. The van der Waals surface area contributed by atoms with Crippen LogP contribution in [0.2, 0.25) is 10.0 Å². The Morgan fingerprint density at radius 3 is 2.40 bits per heavy atom. The first-order valence-electron chi connectivity index (χ1n) is 7.18. The number of hydrogen-bond acceptors (Lipinski definition) is 1. The average molecular weight is 331 g/mol. The molecule has 1 aliphatic rings. The van der Waals surface area contributed by atoms with Crippen LogP contribution < -0.4 is 10.6 Å². The minimum absolute atomic E-state index is 0.466. The van der Waals surface area contributed by atoms with Crippen LogP contribution >= 0.6 is 35.4 Å². The Morgan fingerprint density at radius 2 is 1.70 bits per heavy atom. The van der Waals surface area contributed by atoms with E-state index in [1.54, 1.807) is 18.2 Å². The maximum absolute atomic E-state index is 6.12. The van der Waals surface area contributed by atoms with Gasteiger partial charge in [-0.15, -0.1) is 0 Å². The van der Waals surface area contributed by atoms with E-state index in [2.05, 4.69) is 10.6 Å². The molecule has 1 saturated carbocycles. The molecule has 0 amide bonds. The van der Waals surface area contributed by atoms with Gasteiger partial charge in [0.1, 0.15) is 0 Å². The number of rotatable bonds is 2. The van der Waals surface area contributed by atoms with Crippen molar-refractivity contribution in [1.29, 1.82) is 0 Å². The van der Waals surface area contributed by atoms with Gasteiger partial charge in [0.25, 0.3) is 0 Å². The van der Waals surface area contributed by atoms with E-state index in [1.807, 2.05) is 0 Å². The molecule has 0 bridgehead atoms. The van der Waals surface area contributed by atoms with Crippen molar-refractivity contribution in [3.8, 4) is 0 Å². The molecule has 0 spiro atoms. The molecule has 20 heavy (non-hydrogen) atoms. The second-order valence-electron chi connectivity index (χ2n) is 5.26. The van der Waals surface area contributed by atoms with Crippen LogP contribution in [0.25, 0.3) is 0 Å². The predicted octanol–water partition coefficient (Wildman–Crippen LogP) is 5.39. The highest BCUT2D eigenvalue weighted by Gasteiger charge is 2.13. The van der Waals surface area contributed by atoms with E-state index >= 15 is 0 Å². The summed E-state index contributed by atoms with van der Waals surface area (Å²) < 4.78 is 0. The topological polar surface area (TPSA) is 24.1 Å². The molecule has 1 fully saturated rings. The van der Waals surface area contributed by atoms with Crippen LogP contribution in [0, 0.1) is 0 Å². The number of nitrogens with one attached hydrogen (secondary N) is 2. The van der Waals surface area contributed by atoms with Crippen LogP contribution in [0.3, 0.4) is 0 Å². The molecule has 1 aromatic rings. The van der Waals surface area contributed by atoms with Crippen LogP contribution in [-0.2, 0) is 0 Å². The predicted molar refractivity (Wildman–Crippen MR) is 91.9 cm³/mol. The summed E-state index contributed by atoms with van der Waals surface area (Å²) in [6, 6.07) is 5.79. The first-order chi connectivity index (χ1) is 9.65. The summed E-state index contributed by atoms with van der Waals surface area (Å²) in [6.45, 7) is 0. The fourth-order valence-corrected chi connectivity index (χ4v) is 3.15. The van der Waals surface area contributed by atoms with Gasteiger partial charge in [-0.2, -0.15) is 0 Å². The minimum Gasteiger partial charge on any atom is -0.360 e. The third kappa shape index (κ3) is 5.12. The summed E-state index contributed by atoms with van der Waals surface area (Å²) in [6.07, 6.45) is 8.96. The summed E-state index contributed by atoms with van der Waals surface area (Å²) in [5.41, 5.74) is 0.752. The largest absolute Gasteiger partial charge is 0.360 e. The van der Waals surface area contributed by atoms with Crippen molar-refractivity contribution in [3.63, 3.8) is 0 Å². The van der Waals surface area contributed by atoms with E-state index in [1.165, 1.54) is 44.9 Å². The van der Waals surface area contributed by atoms with Crippen LogP contribution in [0.1, 0.15) is 44.9 Å². The molecule has 2 nitrogen and oxygen atoms in total. The summed E-state index contributed by atoms with van der Waals surface area (Å²) >= 11 is 17.5. The molecule has 110 valence electrons. The van der Waals surface area contributed by atoms with E-state index in [9.17, 15) is 0 Å². The number of halogens is 2. The van der Waals surface area contributed by atoms with E-state index in [0.717, 1.165) is 5.69 Å². The van der Waals surface area contributed by atoms with Crippen LogP contribution in [0.15, 0.2) is 18.2 Å². The standard InChI is InChI=1S/C15H20Cl2N2S/c16-11-8-9-13(17)14(10-11)19-15(20)18-12-6-4-2-1-3-5-7-12/h8-10,12H,1-7H2,(H2,18,19,20). The van der Waals surface area contributed by atoms with Crippen molar-refractivity contribution in [3.05, 3.63) is 28.2 Å². The smallest absolute Gasteiger partial charge is 0.171 e. The van der Waals surface area contributed by atoms with Crippen LogP contribution in [0.4, 0.5) is 5.69 Å². The van der Waals surface area contributed by atoms with Gasteiger partial charge in [0.2, 0.25) is 0 Å². The molecule has 1 aliphatic carbocycles. The molecule has 0 heterocycles. The lowest BCUT2D eigenvalue weighted by molar-refractivity contribution is 0.430. The van der Waals surface area contributed by atoms with E-state index in [0.29, 0.717) is 21.2 Å². The van der Waals surface area contributed by atoms with Crippen molar-refractivity contribution in [2.45, 2.75) is 51.0 Å². The zero-order valence-electron chi connectivity index (χ0n) is 11.4. The maximum atomic E-state index is 6.12. The molecule has 0 unspecified atom stereocenters. The SMILES string of the molecule is S=C(Nc1cc(Cl)ccc1Cl)NC1CCCCCCC1. The van der Waals surface area contributed by atoms with Crippen molar-refractivity contribution in [2.24, 2.45) is 0 Å². The Kier molecular flexibility index (Phi) is 6.40. The lowest BCUT2D eigenvalue weighted by atomic mass is 9.97. The normalized spacial score (nSPS) is 17.1. The summed E-state index contributed by atoms with van der Waals surface area (Å²) in [5, 5.41) is 8.43. The summed E-state index contributed by atoms with van der Waals surface area (Å²) in [4.78, 5) is 0. The Hall–Kier alpha value is -0.510. The van der Waals surface area contributed by atoms with Crippen molar-refractivity contribution in [1.82, 2.24) is 5.32 Å². The summed E-state index contributed by atoms with van der Waals surface area (Å²) in [7, 11) is 0. The number of thiocarbonyl (C=S) groups is 1. The number of anilines is 1. The van der Waals surface area contributed by atoms with Gasteiger partial charge < -0.3 is 10.6 Å². The Bertz CT molecular complexity index is 457. The maximum Gasteiger partial charge on any atom is 0.171 e. The van der Waals surface area contributed by atoms with Gasteiger partial charge in [-0.25, -0.2) is 0 Å². The molecule has 5 heteroatoms. The molecule has 0 radical (unpaired) electrons. The highest BCUT2D eigenvalue weighted by atomic mass is 35.5. The second kappa shape index (κ2) is 8.06. The Balaban J connectivity index is 1.89. The number of benzene rings is 1. The zero-order valence-corrected chi connectivity index (χ0v) is 13.8. The Labute approximate surface area is 136 Å². The quantitative estimate of drug-likeness (QED) is 0.710. The van der Waals surface area contributed by atoms with Gasteiger partial charge in [0.15, 0.2) is 5.11 Å². The van der Waals surface area contributed by atoms with Crippen molar-refractivity contribution in [2.75, 3.05) is 5.32 Å². The molecule has 1 aromatic carbocycles.